The van der Waals surface area contributed by atoms with E-state index in [2.05, 4.69) is 17.0 Å². The van der Waals surface area contributed by atoms with Gasteiger partial charge in [0, 0.05) is 30.9 Å². The van der Waals surface area contributed by atoms with E-state index in [1.807, 2.05) is 30.0 Å². The highest BCUT2D eigenvalue weighted by atomic mass is 32.2. The number of hydrogen-bond acceptors (Lipinski definition) is 5. The predicted molar refractivity (Wildman–Crippen MR) is 111 cm³/mol. The molecule has 28 heavy (non-hydrogen) atoms. The highest BCUT2D eigenvalue weighted by Gasteiger charge is 2.53. The Kier molecular flexibility index (Phi) is 4.66. The van der Waals surface area contributed by atoms with E-state index in [4.69, 9.17) is 4.74 Å². The van der Waals surface area contributed by atoms with Gasteiger partial charge in [-0.3, -0.25) is 4.90 Å². The predicted octanol–water partition coefficient (Wildman–Crippen LogP) is 3.20. The maximum absolute atomic E-state index is 13.1. The minimum absolute atomic E-state index is 0.297. The lowest BCUT2D eigenvalue weighted by Crippen LogP contribution is -2.39. The van der Waals surface area contributed by atoms with Crippen LogP contribution in [0.1, 0.15) is 17.4 Å². The second-order valence-electron chi connectivity index (χ2n) is 7.76. The normalized spacial score (nSPS) is 30.3. The molecule has 3 aliphatic rings. The van der Waals surface area contributed by atoms with Crippen LogP contribution in [-0.2, 0) is 10.0 Å². The molecule has 0 aliphatic carbocycles. The van der Waals surface area contributed by atoms with E-state index in [9.17, 15) is 8.42 Å². The van der Waals surface area contributed by atoms with Crippen molar-refractivity contribution < 1.29 is 13.2 Å². The lowest BCUT2D eigenvalue weighted by molar-refractivity contribution is 0.198. The largest absolute Gasteiger partial charge is 0.497 e. The van der Waals surface area contributed by atoms with E-state index in [-0.39, 0.29) is 0 Å². The van der Waals surface area contributed by atoms with Crippen LogP contribution >= 0.6 is 11.8 Å². The molecule has 7 heteroatoms. The fraction of sp³-hybridized carbons (Fsp3) is 0.429. The van der Waals surface area contributed by atoms with E-state index >= 15 is 0 Å². The van der Waals surface area contributed by atoms with Crippen molar-refractivity contribution in [3.05, 3.63) is 60.2 Å². The van der Waals surface area contributed by atoms with Gasteiger partial charge in [-0.05, 0) is 42.2 Å². The van der Waals surface area contributed by atoms with Crippen molar-refractivity contribution in [1.29, 1.82) is 0 Å². The Morgan fingerprint density at radius 2 is 1.79 bits per heavy atom. The van der Waals surface area contributed by atoms with Crippen LogP contribution in [0.4, 0.5) is 0 Å². The molecule has 0 bridgehead atoms. The SMILES string of the molecule is COc1ccc(C2SCC3CC4CN(S(=O)(=O)c5ccccc5)CC4N32)cc1. The fourth-order valence-corrected chi connectivity index (χ4v) is 8.01. The summed E-state index contributed by atoms with van der Waals surface area (Å²) in [6.07, 6.45) is 1.09. The summed E-state index contributed by atoms with van der Waals surface area (Å²) in [5.41, 5.74) is 1.28. The average molecular weight is 417 g/mol. The highest BCUT2D eigenvalue weighted by Crippen LogP contribution is 2.52. The van der Waals surface area contributed by atoms with Crippen molar-refractivity contribution in [2.24, 2.45) is 5.92 Å². The van der Waals surface area contributed by atoms with E-state index in [1.165, 1.54) is 5.56 Å². The number of methoxy groups -OCH3 is 1. The molecule has 3 aliphatic heterocycles. The molecule has 0 saturated carbocycles. The van der Waals surface area contributed by atoms with Crippen molar-refractivity contribution in [3.8, 4) is 5.75 Å². The van der Waals surface area contributed by atoms with Crippen molar-refractivity contribution in [1.82, 2.24) is 9.21 Å². The first-order valence-corrected chi connectivity index (χ1v) is 12.1. The summed E-state index contributed by atoms with van der Waals surface area (Å²) in [6, 6.07) is 18.0. The zero-order chi connectivity index (χ0) is 19.3. The molecule has 0 amide bonds. The van der Waals surface area contributed by atoms with Crippen molar-refractivity contribution in [2.45, 2.75) is 28.8 Å². The summed E-state index contributed by atoms with van der Waals surface area (Å²) in [6.45, 7) is 1.22. The van der Waals surface area contributed by atoms with Crippen LogP contribution in [-0.4, -0.2) is 55.7 Å². The van der Waals surface area contributed by atoms with Gasteiger partial charge in [0.25, 0.3) is 0 Å². The van der Waals surface area contributed by atoms with Gasteiger partial charge < -0.3 is 4.74 Å². The van der Waals surface area contributed by atoms with E-state index in [0.717, 1.165) is 17.9 Å². The Morgan fingerprint density at radius 3 is 2.50 bits per heavy atom. The van der Waals surface area contributed by atoms with Crippen LogP contribution in [0.3, 0.4) is 0 Å². The zero-order valence-electron chi connectivity index (χ0n) is 15.8. The lowest BCUT2D eigenvalue weighted by Gasteiger charge is -2.30. The lowest BCUT2D eigenvalue weighted by atomic mass is 10.0. The van der Waals surface area contributed by atoms with E-state index < -0.39 is 10.0 Å². The number of fused-ring (bicyclic) bond motifs is 3. The van der Waals surface area contributed by atoms with Crippen molar-refractivity contribution in [3.63, 3.8) is 0 Å². The Labute approximate surface area is 170 Å². The van der Waals surface area contributed by atoms with Crippen molar-refractivity contribution in [2.75, 3.05) is 26.0 Å². The van der Waals surface area contributed by atoms with Crippen LogP contribution in [0, 0.1) is 5.92 Å². The molecule has 3 saturated heterocycles. The van der Waals surface area contributed by atoms with Gasteiger partial charge in [-0.2, -0.15) is 4.31 Å². The number of rotatable bonds is 4. The number of hydrogen-bond donors (Lipinski definition) is 0. The van der Waals surface area contributed by atoms with Gasteiger partial charge >= 0.3 is 0 Å². The molecule has 0 radical (unpaired) electrons. The molecule has 2 aromatic carbocycles. The molecule has 148 valence electrons. The minimum atomic E-state index is -3.42. The summed E-state index contributed by atoms with van der Waals surface area (Å²) in [4.78, 5) is 2.98. The molecule has 2 aromatic rings. The first-order valence-electron chi connectivity index (χ1n) is 9.66. The number of thioether (sulfide) groups is 1. The Morgan fingerprint density at radius 1 is 1.04 bits per heavy atom. The molecule has 0 N–H and O–H groups in total. The van der Waals surface area contributed by atoms with Crippen LogP contribution in [0.25, 0.3) is 0 Å². The summed E-state index contributed by atoms with van der Waals surface area (Å²) < 4.78 is 33.1. The van der Waals surface area contributed by atoms with Gasteiger partial charge in [0.05, 0.1) is 17.4 Å². The molecule has 3 fully saturated rings. The molecule has 5 rings (SSSR count). The molecule has 3 heterocycles. The summed E-state index contributed by atoms with van der Waals surface area (Å²) in [7, 11) is -1.74. The first-order chi connectivity index (χ1) is 13.6. The van der Waals surface area contributed by atoms with Crippen LogP contribution in [0.2, 0.25) is 0 Å². The van der Waals surface area contributed by atoms with Gasteiger partial charge in [-0.25, -0.2) is 8.42 Å². The van der Waals surface area contributed by atoms with Crippen molar-refractivity contribution >= 4 is 21.8 Å². The monoisotopic (exact) mass is 416 g/mol. The topological polar surface area (TPSA) is 49.9 Å². The number of sulfonamides is 1. The third kappa shape index (κ3) is 2.96. The van der Waals surface area contributed by atoms with E-state index in [0.29, 0.717) is 41.4 Å². The zero-order valence-corrected chi connectivity index (χ0v) is 17.4. The van der Waals surface area contributed by atoms with Gasteiger partial charge in [0.2, 0.25) is 10.0 Å². The summed E-state index contributed by atoms with van der Waals surface area (Å²) >= 11 is 1.97. The molecule has 5 nitrogen and oxygen atoms in total. The fourth-order valence-electron chi connectivity index (χ4n) is 4.91. The summed E-state index contributed by atoms with van der Waals surface area (Å²) in [5.74, 6) is 2.41. The van der Waals surface area contributed by atoms with Gasteiger partial charge in [-0.15, -0.1) is 11.8 Å². The van der Waals surface area contributed by atoms with Crippen LogP contribution in [0.15, 0.2) is 59.5 Å². The minimum Gasteiger partial charge on any atom is -0.497 e. The molecule has 4 unspecified atom stereocenters. The maximum atomic E-state index is 13.1. The average Bonchev–Trinajstić information content (AvgIpc) is 3.40. The molecular weight excluding hydrogens is 392 g/mol. The molecule has 0 aromatic heterocycles. The van der Waals surface area contributed by atoms with Gasteiger partial charge in [0.1, 0.15) is 5.75 Å². The molecule has 0 spiro atoms. The maximum Gasteiger partial charge on any atom is 0.243 e. The number of nitrogens with zero attached hydrogens (tertiary/aromatic N) is 2. The van der Waals surface area contributed by atoms with Crippen LogP contribution in [0.5, 0.6) is 5.75 Å². The summed E-state index contributed by atoms with van der Waals surface area (Å²) in [5, 5.41) is 0.297. The number of ether oxygens (including phenoxy) is 1. The quantitative estimate of drug-likeness (QED) is 0.766. The van der Waals surface area contributed by atoms with Crippen LogP contribution < -0.4 is 4.74 Å². The van der Waals surface area contributed by atoms with E-state index in [1.54, 1.807) is 35.7 Å². The third-order valence-corrected chi connectivity index (χ3v) is 9.51. The Balaban J connectivity index is 1.38. The highest BCUT2D eigenvalue weighted by molar-refractivity contribution is 7.99. The van der Waals surface area contributed by atoms with Gasteiger partial charge in [-0.1, -0.05) is 30.3 Å². The Hall–Kier alpha value is -1.54. The second kappa shape index (κ2) is 7.06. The third-order valence-electron chi connectivity index (χ3n) is 6.25. The standard InChI is InChI=1S/C21H24N2O3S2/c1-26-18-9-7-15(8-10-18)21-23-17(14-27-21)11-16-12-22(13-20(16)23)28(24,25)19-5-3-2-4-6-19/h2-10,16-17,20-21H,11-14H2,1H3. The molecular formula is C21H24N2O3S2. The first kappa shape index (κ1) is 18.5. The molecule has 4 atom stereocenters. The second-order valence-corrected chi connectivity index (χ2v) is 10.8. The Bertz CT molecular complexity index is 949. The smallest absolute Gasteiger partial charge is 0.243 e. The number of benzene rings is 2. The van der Waals surface area contributed by atoms with Gasteiger partial charge in [0.15, 0.2) is 0 Å².